The molecule has 1 unspecified atom stereocenters. The fourth-order valence-electron chi connectivity index (χ4n) is 4.13. The molecule has 0 aliphatic heterocycles. The lowest BCUT2D eigenvalue weighted by molar-refractivity contribution is -0.135. The molecule has 3 heterocycles. The van der Waals surface area contributed by atoms with Crippen LogP contribution in [0.4, 0.5) is 10.6 Å². The monoisotopic (exact) mass is 590 g/mol. The van der Waals surface area contributed by atoms with Crippen LogP contribution < -0.4 is 4.90 Å². The number of rotatable bonds is 10. The first-order valence-electron chi connectivity index (χ1n) is 12.9. The topological polar surface area (TPSA) is 156 Å². The number of aliphatic carboxylic acids is 1. The van der Waals surface area contributed by atoms with Gasteiger partial charge >= 0.3 is 12.1 Å². The Morgan fingerprint density at radius 2 is 1.67 bits per heavy atom. The van der Waals surface area contributed by atoms with Gasteiger partial charge in [-0.15, -0.1) is 0 Å². The lowest BCUT2D eigenvalue weighted by Gasteiger charge is -2.31. The second-order valence-corrected chi connectivity index (χ2v) is 12.1. The number of anilines is 1. The molecule has 4 aromatic rings. The van der Waals surface area contributed by atoms with Crippen molar-refractivity contribution in [2.75, 3.05) is 11.4 Å². The van der Waals surface area contributed by atoms with Crippen LogP contribution >= 0.6 is 0 Å². The van der Waals surface area contributed by atoms with Gasteiger partial charge in [-0.25, -0.2) is 18.2 Å². The average molecular weight is 591 g/mol. The van der Waals surface area contributed by atoms with Crippen LogP contribution in [0.1, 0.15) is 43.6 Å². The third-order valence-corrected chi connectivity index (χ3v) is 7.66. The highest BCUT2D eigenvalue weighted by Crippen LogP contribution is 2.34. The molecule has 1 amide bonds. The number of benzene rings is 1. The van der Waals surface area contributed by atoms with Crippen molar-refractivity contribution in [3.05, 3.63) is 108 Å². The summed E-state index contributed by atoms with van der Waals surface area (Å²) in [6.07, 6.45) is 4.80. The molecule has 4 rings (SSSR count). The van der Waals surface area contributed by atoms with Crippen molar-refractivity contribution < 1.29 is 27.9 Å². The summed E-state index contributed by atoms with van der Waals surface area (Å²) in [5.41, 5.74) is 0.583. The molecule has 1 aromatic carbocycles. The van der Waals surface area contributed by atoms with E-state index in [9.17, 15) is 23.1 Å². The van der Waals surface area contributed by atoms with Gasteiger partial charge in [0.2, 0.25) is 10.0 Å². The fourth-order valence-corrected chi connectivity index (χ4v) is 5.67. The Bertz CT molecular complexity index is 1580. The highest BCUT2D eigenvalue weighted by Gasteiger charge is 2.35. The number of hydrogen-bond donors (Lipinski definition) is 1. The number of carboxylic acid groups (broad SMARTS) is 1. The molecule has 0 aliphatic carbocycles. The van der Waals surface area contributed by atoms with Crippen LogP contribution in [0.3, 0.4) is 0 Å². The van der Waals surface area contributed by atoms with Crippen molar-refractivity contribution in [2.45, 2.75) is 43.9 Å². The van der Waals surface area contributed by atoms with E-state index >= 15 is 0 Å². The fraction of sp³-hybridized carbons (Fsp3) is 0.241. The third-order valence-electron chi connectivity index (χ3n) is 5.86. The second-order valence-electron chi connectivity index (χ2n) is 10.2. The molecule has 0 bridgehead atoms. The van der Waals surface area contributed by atoms with Crippen LogP contribution in [0.2, 0.25) is 0 Å². The number of nitrogens with zero attached hydrogens (tertiary/aromatic N) is 6. The van der Waals surface area contributed by atoms with E-state index < -0.39 is 40.3 Å². The summed E-state index contributed by atoms with van der Waals surface area (Å²) in [5.74, 6) is -1.28. The molecular weight excluding hydrogens is 560 g/mol. The van der Waals surface area contributed by atoms with E-state index in [1.807, 2.05) is 6.07 Å². The second kappa shape index (κ2) is 12.8. The van der Waals surface area contributed by atoms with E-state index in [0.29, 0.717) is 11.1 Å². The lowest BCUT2D eigenvalue weighted by Crippen LogP contribution is -2.40. The van der Waals surface area contributed by atoms with Crippen molar-refractivity contribution in [1.29, 1.82) is 0 Å². The summed E-state index contributed by atoms with van der Waals surface area (Å²) in [6, 6.07) is 17.5. The minimum absolute atomic E-state index is 0.00952. The zero-order valence-corrected chi connectivity index (χ0v) is 24.0. The minimum atomic E-state index is -4.20. The molecule has 1 N–H and O–H groups in total. The largest absolute Gasteiger partial charge is 0.480 e. The normalized spacial score (nSPS) is 12.5. The molecule has 42 heavy (non-hydrogen) atoms. The molecule has 1 atom stereocenters. The highest BCUT2D eigenvalue weighted by atomic mass is 32.2. The van der Waals surface area contributed by atoms with E-state index in [0.717, 1.165) is 4.90 Å². The van der Waals surface area contributed by atoms with Crippen LogP contribution in [0.15, 0.2) is 96.4 Å². The zero-order chi connectivity index (χ0) is 30.3. The summed E-state index contributed by atoms with van der Waals surface area (Å²) in [4.78, 5) is 33.9. The van der Waals surface area contributed by atoms with Crippen molar-refractivity contribution in [3.8, 4) is 0 Å². The number of carbonyl (C=O) groups excluding carboxylic acids is 1. The maximum absolute atomic E-state index is 14.2. The number of hydrogen-bond acceptors (Lipinski definition) is 9. The quantitative estimate of drug-likeness (QED) is 0.286. The molecule has 0 saturated heterocycles. The van der Waals surface area contributed by atoms with Crippen molar-refractivity contribution >= 4 is 27.9 Å². The Balaban J connectivity index is 1.84. The Hall–Kier alpha value is -4.75. The smallest absolute Gasteiger partial charge is 0.416 e. The molecule has 0 radical (unpaired) electrons. The van der Waals surface area contributed by atoms with Gasteiger partial charge in [0, 0.05) is 18.6 Å². The Morgan fingerprint density at radius 1 is 0.905 bits per heavy atom. The standard InChI is InChI=1S/C29H30N6O6S/c1-29(2,3)41-28(38)34(20-26(36)37)25-13-7-11-23(33-25)19-35(42(39,40)24-12-8-15-30-18-24)27(21-9-5-4-6-10-21)22-14-16-31-32-17-22/h4-18,27H,19-20H2,1-3H3,(H,36,37). The number of carbonyl (C=O) groups is 2. The summed E-state index contributed by atoms with van der Waals surface area (Å²) in [7, 11) is -4.20. The van der Waals surface area contributed by atoms with Crippen molar-refractivity contribution in [3.63, 3.8) is 0 Å². The summed E-state index contributed by atoms with van der Waals surface area (Å²) in [5, 5.41) is 17.3. The number of ether oxygens (including phenoxy) is 1. The Morgan fingerprint density at radius 3 is 2.29 bits per heavy atom. The van der Waals surface area contributed by atoms with Gasteiger partial charge < -0.3 is 9.84 Å². The van der Waals surface area contributed by atoms with Crippen molar-refractivity contribution in [2.24, 2.45) is 0 Å². The first-order valence-corrected chi connectivity index (χ1v) is 14.3. The Kier molecular flexibility index (Phi) is 9.23. The predicted octanol–water partition coefficient (Wildman–Crippen LogP) is 4.07. The number of aromatic nitrogens is 4. The zero-order valence-electron chi connectivity index (χ0n) is 23.2. The first-order chi connectivity index (χ1) is 20.0. The Labute approximate surface area is 243 Å². The first kappa shape index (κ1) is 30.2. The van der Waals surface area contributed by atoms with Crippen LogP contribution in [-0.4, -0.2) is 62.2 Å². The van der Waals surface area contributed by atoms with Gasteiger partial charge in [-0.1, -0.05) is 36.4 Å². The molecule has 0 aliphatic rings. The average Bonchev–Trinajstić information content (AvgIpc) is 2.96. The van der Waals surface area contributed by atoms with Crippen LogP contribution in [-0.2, 0) is 26.1 Å². The number of amides is 1. The van der Waals surface area contributed by atoms with Gasteiger partial charge in [0.05, 0.1) is 24.5 Å². The van der Waals surface area contributed by atoms with Crippen molar-refractivity contribution in [1.82, 2.24) is 24.5 Å². The molecule has 0 fully saturated rings. The minimum Gasteiger partial charge on any atom is -0.480 e. The predicted molar refractivity (Wildman–Crippen MR) is 153 cm³/mol. The van der Waals surface area contributed by atoms with E-state index in [1.165, 1.54) is 47.3 Å². The molecule has 218 valence electrons. The highest BCUT2D eigenvalue weighted by molar-refractivity contribution is 7.89. The molecule has 12 nitrogen and oxygen atoms in total. The van der Waals surface area contributed by atoms with Crippen LogP contribution in [0.25, 0.3) is 0 Å². The maximum Gasteiger partial charge on any atom is 0.416 e. The van der Waals surface area contributed by atoms with E-state index in [1.54, 1.807) is 63.2 Å². The third kappa shape index (κ3) is 7.50. The molecule has 0 spiro atoms. The summed E-state index contributed by atoms with van der Waals surface area (Å²) >= 11 is 0. The van der Waals surface area contributed by atoms with Gasteiger partial charge in [0.1, 0.15) is 22.9 Å². The number of pyridine rings is 2. The molecule has 0 saturated carbocycles. The molecular formula is C29H30N6O6S. The van der Waals surface area contributed by atoms with Gasteiger partial charge in [0.15, 0.2) is 0 Å². The molecule has 3 aromatic heterocycles. The van der Waals surface area contributed by atoms with Gasteiger partial charge in [-0.3, -0.25) is 14.7 Å². The van der Waals surface area contributed by atoms with E-state index in [-0.39, 0.29) is 23.0 Å². The van der Waals surface area contributed by atoms with Gasteiger partial charge in [0.25, 0.3) is 0 Å². The number of sulfonamides is 1. The SMILES string of the molecule is CC(C)(C)OC(=O)N(CC(=O)O)c1cccc(CN(C(c2ccccc2)c2ccnnc2)S(=O)(=O)c2cccnc2)n1. The van der Waals surface area contributed by atoms with Crippen LogP contribution in [0, 0.1) is 0 Å². The molecule has 13 heteroatoms. The van der Waals surface area contributed by atoms with Gasteiger partial charge in [-0.2, -0.15) is 14.5 Å². The lowest BCUT2D eigenvalue weighted by atomic mass is 10.0. The van der Waals surface area contributed by atoms with E-state index in [2.05, 4.69) is 20.2 Å². The van der Waals surface area contributed by atoms with Crippen LogP contribution in [0.5, 0.6) is 0 Å². The number of carboxylic acids is 1. The summed E-state index contributed by atoms with van der Waals surface area (Å²) in [6.45, 7) is 4.02. The van der Waals surface area contributed by atoms with Gasteiger partial charge in [-0.05, 0) is 62.2 Å². The maximum atomic E-state index is 14.2. The summed E-state index contributed by atoms with van der Waals surface area (Å²) < 4.78 is 35.1. The van der Waals surface area contributed by atoms with E-state index in [4.69, 9.17) is 4.74 Å².